The van der Waals surface area contributed by atoms with Crippen molar-refractivity contribution in [2.24, 2.45) is 0 Å². The van der Waals surface area contributed by atoms with E-state index in [0.29, 0.717) is 16.8 Å². The first-order chi connectivity index (χ1) is 12.3. The number of carbonyl (C=O) groups is 1. The largest absolute Gasteiger partial charge is 0.384 e. The lowest BCUT2D eigenvalue weighted by atomic mass is 9.74. The lowest BCUT2D eigenvalue weighted by Crippen LogP contribution is -2.46. The number of likely N-dealkylation sites (tertiary alicyclic amines) is 1. The topological polar surface area (TPSA) is 71.3 Å². The summed E-state index contributed by atoms with van der Waals surface area (Å²) in [7, 11) is 0. The molecule has 0 unspecified atom stereocenters. The molecule has 0 bridgehead atoms. The van der Waals surface area contributed by atoms with Gasteiger partial charge in [0.2, 0.25) is 11.4 Å². The van der Waals surface area contributed by atoms with Crippen molar-refractivity contribution in [1.82, 2.24) is 15.0 Å². The Labute approximate surface area is 144 Å². The van der Waals surface area contributed by atoms with Crippen LogP contribution in [-0.2, 0) is 5.41 Å². The van der Waals surface area contributed by atoms with Crippen LogP contribution >= 0.6 is 0 Å². The number of benzene rings is 1. The van der Waals surface area contributed by atoms with Crippen LogP contribution in [0.4, 0.5) is 5.69 Å². The molecule has 4 heterocycles. The molecule has 1 saturated heterocycles. The van der Waals surface area contributed by atoms with Gasteiger partial charge in [-0.15, -0.1) is 0 Å². The van der Waals surface area contributed by atoms with Gasteiger partial charge in [-0.25, -0.2) is 4.98 Å². The average molecular weight is 334 g/mol. The summed E-state index contributed by atoms with van der Waals surface area (Å²) in [4.78, 5) is 18.9. The molecule has 1 aromatic carbocycles. The van der Waals surface area contributed by atoms with Gasteiger partial charge in [0.1, 0.15) is 0 Å². The first-order valence-electron chi connectivity index (χ1n) is 8.60. The maximum absolute atomic E-state index is 12.9. The number of carbonyl (C=O) groups excluding carboxylic acids is 1. The highest BCUT2D eigenvalue weighted by atomic mass is 16.5. The van der Waals surface area contributed by atoms with Gasteiger partial charge in [-0.2, -0.15) is 0 Å². The Balaban J connectivity index is 1.38. The van der Waals surface area contributed by atoms with Crippen molar-refractivity contribution < 1.29 is 9.32 Å². The lowest BCUT2D eigenvalue weighted by Gasteiger charge is -2.39. The summed E-state index contributed by atoms with van der Waals surface area (Å²) in [6, 6.07) is 12.1. The summed E-state index contributed by atoms with van der Waals surface area (Å²) in [6.45, 7) is 2.39. The molecule has 1 N–H and O–H groups in total. The molecule has 5 rings (SSSR count). The number of rotatable bonds is 1. The van der Waals surface area contributed by atoms with Crippen LogP contribution in [0.1, 0.15) is 29.0 Å². The maximum Gasteiger partial charge on any atom is 0.293 e. The molecule has 1 amide bonds. The Hall–Kier alpha value is -2.89. The number of nitrogens with zero attached hydrogens (tertiary/aromatic N) is 3. The van der Waals surface area contributed by atoms with Crippen molar-refractivity contribution >= 4 is 22.6 Å². The van der Waals surface area contributed by atoms with Crippen molar-refractivity contribution in [2.45, 2.75) is 18.3 Å². The van der Waals surface area contributed by atoms with Crippen LogP contribution in [0.15, 0.2) is 47.1 Å². The van der Waals surface area contributed by atoms with Gasteiger partial charge in [-0.3, -0.25) is 4.79 Å². The Morgan fingerprint density at radius 3 is 2.88 bits per heavy atom. The molecule has 1 fully saturated rings. The van der Waals surface area contributed by atoms with Crippen LogP contribution in [0, 0.1) is 0 Å². The predicted octanol–water partition coefficient (Wildman–Crippen LogP) is 2.82. The molecule has 2 aromatic heterocycles. The van der Waals surface area contributed by atoms with Crippen LogP contribution in [0.2, 0.25) is 0 Å². The quantitative estimate of drug-likeness (QED) is 0.741. The average Bonchev–Trinajstić information content (AvgIpc) is 3.25. The fraction of sp³-hybridized carbons (Fsp3) is 0.316. The van der Waals surface area contributed by atoms with E-state index in [9.17, 15) is 4.79 Å². The third kappa shape index (κ3) is 2.13. The number of hydrogen-bond donors (Lipinski definition) is 1. The smallest absolute Gasteiger partial charge is 0.293 e. The minimum atomic E-state index is -0.0930. The number of nitrogens with one attached hydrogen (secondary N) is 1. The Bertz CT molecular complexity index is 957. The molecular weight excluding hydrogens is 316 g/mol. The molecule has 0 radical (unpaired) electrons. The highest BCUT2D eigenvalue weighted by molar-refractivity contribution is 6.02. The molecule has 6 nitrogen and oxygen atoms in total. The Morgan fingerprint density at radius 1 is 1.16 bits per heavy atom. The lowest BCUT2D eigenvalue weighted by molar-refractivity contribution is 0.0637. The van der Waals surface area contributed by atoms with Gasteiger partial charge in [0, 0.05) is 36.9 Å². The van der Waals surface area contributed by atoms with Crippen molar-refractivity contribution in [3.63, 3.8) is 0 Å². The van der Waals surface area contributed by atoms with Gasteiger partial charge in [-0.1, -0.05) is 23.4 Å². The van der Waals surface area contributed by atoms with E-state index in [1.807, 2.05) is 11.0 Å². The SMILES string of the molecule is O=C(c1onc2ncccc12)N1CCC2(CC1)CNc1ccccc12. The molecular formula is C19H18N4O2. The number of aromatic nitrogens is 2. The number of pyridine rings is 1. The molecule has 2 aliphatic heterocycles. The van der Waals surface area contributed by atoms with Gasteiger partial charge in [0.05, 0.1) is 5.39 Å². The number of hydrogen-bond acceptors (Lipinski definition) is 5. The van der Waals surface area contributed by atoms with Gasteiger partial charge in [-0.05, 0) is 36.6 Å². The van der Waals surface area contributed by atoms with Crippen LogP contribution < -0.4 is 5.32 Å². The molecule has 3 aromatic rings. The summed E-state index contributed by atoms with van der Waals surface area (Å²) < 4.78 is 5.29. The Kier molecular flexibility index (Phi) is 3.07. The van der Waals surface area contributed by atoms with Crippen LogP contribution in [0.3, 0.4) is 0 Å². The van der Waals surface area contributed by atoms with Crippen LogP contribution in [0.5, 0.6) is 0 Å². The van der Waals surface area contributed by atoms with E-state index < -0.39 is 0 Å². The molecule has 2 aliphatic rings. The monoisotopic (exact) mass is 334 g/mol. The van der Waals surface area contributed by atoms with E-state index in [-0.39, 0.29) is 11.3 Å². The number of fused-ring (bicyclic) bond motifs is 3. The van der Waals surface area contributed by atoms with E-state index in [1.165, 1.54) is 11.3 Å². The number of amides is 1. The summed E-state index contributed by atoms with van der Waals surface area (Å²) in [5.74, 6) is 0.202. The number of anilines is 1. The summed E-state index contributed by atoms with van der Waals surface area (Å²) >= 11 is 0. The van der Waals surface area contributed by atoms with Crippen molar-refractivity contribution in [3.05, 3.63) is 53.9 Å². The molecule has 6 heteroatoms. The van der Waals surface area contributed by atoms with Crippen LogP contribution in [0.25, 0.3) is 11.0 Å². The molecule has 25 heavy (non-hydrogen) atoms. The fourth-order valence-electron chi connectivity index (χ4n) is 4.13. The summed E-state index contributed by atoms with van der Waals surface area (Å²) in [5, 5.41) is 8.09. The molecule has 126 valence electrons. The van der Waals surface area contributed by atoms with Crippen molar-refractivity contribution in [2.75, 3.05) is 25.0 Å². The highest BCUT2D eigenvalue weighted by Crippen LogP contribution is 2.44. The van der Waals surface area contributed by atoms with E-state index in [0.717, 1.165) is 32.5 Å². The third-order valence-electron chi connectivity index (χ3n) is 5.57. The standard InChI is InChI=1S/C19H18N4O2/c24-18(16-13-4-3-9-20-17(13)22-25-16)23-10-7-19(8-11-23)12-21-15-6-2-1-5-14(15)19/h1-6,9,21H,7-8,10-12H2. The zero-order valence-electron chi connectivity index (χ0n) is 13.7. The fourth-order valence-corrected chi connectivity index (χ4v) is 4.13. The normalized spacial score (nSPS) is 18.3. The summed E-state index contributed by atoms with van der Waals surface area (Å²) in [6.07, 6.45) is 3.55. The number of piperidine rings is 1. The first kappa shape index (κ1) is 14.5. The van der Waals surface area contributed by atoms with E-state index in [1.54, 1.807) is 12.3 Å². The third-order valence-corrected chi connectivity index (χ3v) is 5.57. The first-order valence-corrected chi connectivity index (χ1v) is 8.60. The second-order valence-electron chi connectivity index (χ2n) is 6.86. The van der Waals surface area contributed by atoms with Crippen LogP contribution in [-0.4, -0.2) is 40.6 Å². The second-order valence-corrected chi connectivity index (χ2v) is 6.86. The minimum absolute atomic E-state index is 0.0930. The van der Waals surface area contributed by atoms with E-state index >= 15 is 0 Å². The molecule has 1 spiro atoms. The predicted molar refractivity (Wildman–Crippen MR) is 93.6 cm³/mol. The maximum atomic E-state index is 12.9. The van der Waals surface area contributed by atoms with E-state index in [2.05, 4.69) is 39.7 Å². The molecule has 0 aliphatic carbocycles. The highest BCUT2D eigenvalue weighted by Gasteiger charge is 2.42. The van der Waals surface area contributed by atoms with Gasteiger partial charge < -0.3 is 14.7 Å². The molecule has 0 saturated carbocycles. The minimum Gasteiger partial charge on any atom is -0.384 e. The van der Waals surface area contributed by atoms with Gasteiger partial charge in [0.25, 0.3) is 5.91 Å². The number of para-hydroxylation sites is 1. The zero-order valence-corrected chi connectivity index (χ0v) is 13.7. The Morgan fingerprint density at radius 2 is 2.00 bits per heavy atom. The van der Waals surface area contributed by atoms with Gasteiger partial charge in [0.15, 0.2) is 0 Å². The van der Waals surface area contributed by atoms with Crippen molar-refractivity contribution in [3.8, 4) is 0 Å². The second kappa shape index (κ2) is 5.31. The molecule has 0 atom stereocenters. The van der Waals surface area contributed by atoms with Crippen molar-refractivity contribution in [1.29, 1.82) is 0 Å². The summed E-state index contributed by atoms with van der Waals surface area (Å²) in [5.41, 5.74) is 3.23. The van der Waals surface area contributed by atoms with E-state index in [4.69, 9.17) is 4.52 Å². The van der Waals surface area contributed by atoms with Gasteiger partial charge >= 0.3 is 0 Å². The zero-order chi connectivity index (χ0) is 16.9.